The number of halogens is 1. The minimum Gasteiger partial charge on any atom is -0.370 e. The van der Waals surface area contributed by atoms with Crippen molar-refractivity contribution in [1.29, 1.82) is 5.26 Å². The molecule has 0 spiro atoms. The SMILES string of the molecule is CC(C)C(=O)NCC1CCCN(c2ccc(Cl)cc2C#N)C1. The summed E-state index contributed by atoms with van der Waals surface area (Å²) in [5.41, 5.74) is 1.55. The lowest BCUT2D eigenvalue weighted by Crippen LogP contribution is -2.42. The Balaban J connectivity index is 2.02. The van der Waals surface area contributed by atoms with Crippen molar-refractivity contribution in [2.45, 2.75) is 26.7 Å². The summed E-state index contributed by atoms with van der Waals surface area (Å²) in [7, 11) is 0. The molecule has 118 valence electrons. The van der Waals surface area contributed by atoms with Gasteiger partial charge >= 0.3 is 0 Å². The average Bonchev–Trinajstić information content (AvgIpc) is 2.52. The summed E-state index contributed by atoms with van der Waals surface area (Å²) in [6.07, 6.45) is 2.17. The van der Waals surface area contributed by atoms with Gasteiger partial charge in [-0.2, -0.15) is 5.26 Å². The van der Waals surface area contributed by atoms with Crippen LogP contribution < -0.4 is 10.2 Å². The van der Waals surface area contributed by atoms with Gasteiger partial charge in [0, 0.05) is 30.6 Å². The number of rotatable bonds is 4. The number of nitriles is 1. The van der Waals surface area contributed by atoms with E-state index in [1.807, 2.05) is 26.0 Å². The third-order valence-electron chi connectivity index (χ3n) is 4.03. The van der Waals surface area contributed by atoms with Crippen molar-refractivity contribution >= 4 is 23.2 Å². The van der Waals surface area contributed by atoms with Crippen molar-refractivity contribution in [1.82, 2.24) is 5.32 Å². The molecule has 2 rings (SSSR count). The largest absolute Gasteiger partial charge is 0.370 e. The number of anilines is 1. The zero-order chi connectivity index (χ0) is 16.1. The van der Waals surface area contributed by atoms with Gasteiger partial charge in [-0.15, -0.1) is 0 Å². The first-order valence-corrected chi connectivity index (χ1v) is 8.11. The number of hydrogen-bond acceptors (Lipinski definition) is 3. The molecule has 1 fully saturated rings. The summed E-state index contributed by atoms with van der Waals surface area (Å²) in [4.78, 5) is 13.9. The molecule has 1 aromatic rings. The van der Waals surface area contributed by atoms with Crippen LogP contribution in [0.5, 0.6) is 0 Å². The number of carbonyl (C=O) groups excluding carboxylic acids is 1. The summed E-state index contributed by atoms with van der Waals surface area (Å²) in [6, 6.07) is 7.66. The molecule has 1 unspecified atom stereocenters. The third kappa shape index (κ3) is 4.14. The zero-order valence-corrected chi connectivity index (χ0v) is 13.9. The van der Waals surface area contributed by atoms with Crippen LogP contribution in [-0.2, 0) is 4.79 Å². The first-order valence-electron chi connectivity index (χ1n) is 7.73. The fourth-order valence-corrected chi connectivity index (χ4v) is 2.95. The Kier molecular flexibility index (Phi) is 5.68. The molecule has 1 amide bonds. The number of benzene rings is 1. The lowest BCUT2D eigenvalue weighted by molar-refractivity contribution is -0.124. The molecule has 22 heavy (non-hydrogen) atoms. The van der Waals surface area contributed by atoms with Gasteiger partial charge in [0.1, 0.15) is 6.07 Å². The number of carbonyl (C=O) groups is 1. The molecule has 1 aliphatic heterocycles. The minimum absolute atomic E-state index is 0.0150. The summed E-state index contributed by atoms with van der Waals surface area (Å²) in [6.45, 7) is 6.29. The van der Waals surface area contributed by atoms with Crippen molar-refractivity contribution in [2.75, 3.05) is 24.5 Å². The lowest BCUT2D eigenvalue weighted by Gasteiger charge is -2.35. The molecule has 4 nitrogen and oxygen atoms in total. The van der Waals surface area contributed by atoms with E-state index in [-0.39, 0.29) is 11.8 Å². The topological polar surface area (TPSA) is 56.1 Å². The second kappa shape index (κ2) is 7.51. The second-order valence-corrected chi connectivity index (χ2v) is 6.56. The highest BCUT2D eigenvalue weighted by atomic mass is 35.5. The molecule has 1 N–H and O–H groups in total. The van der Waals surface area contributed by atoms with Crippen LogP contribution in [0.3, 0.4) is 0 Å². The van der Waals surface area contributed by atoms with Crippen LogP contribution in [0.2, 0.25) is 5.02 Å². The van der Waals surface area contributed by atoms with Crippen LogP contribution in [0, 0.1) is 23.2 Å². The smallest absolute Gasteiger partial charge is 0.222 e. The molecular formula is C17H22ClN3O. The van der Waals surface area contributed by atoms with Crippen LogP contribution in [0.1, 0.15) is 32.3 Å². The number of piperidine rings is 1. The van der Waals surface area contributed by atoms with Crippen LogP contribution >= 0.6 is 11.6 Å². The second-order valence-electron chi connectivity index (χ2n) is 6.13. The number of amides is 1. The van der Waals surface area contributed by atoms with E-state index in [0.717, 1.165) is 31.6 Å². The molecule has 1 aliphatic rings. The molecule has 5 heteroatoms. The standard InChI is InChI=1S/C17H22ClN3O/c1-12(2)17(22)20-10-13-4-3-7-21(11-13)16-6-5-15(18)8-14(16)9-19/h5-6,8,12-13H,3-4,7,10-11H2,1-2H3,(H,20,22). The number of hydrogen-bond donors (Lipinski definition) is 1. The van der Waals surface area contributed by atoms with E-state index >= 15 is 0 Å². The predicted molar refractivity (Wildman–Crippen MR) is 89.0 cm³/mol. The van der Waals surface area contributed by atoms with E-state index in [2.05, 4.69) is 16.3 Å². The molecule has 1 atom stereocenters. The van der Waals surface area contributed by atoms with Crippen molar-refractivity contribution < 1.29 is 4.79 Å². The van der Waals surface area contributed by atoms with Gasteiger partial charge < -0.3 is 10.2 Å². The monoisotopic (exact) mass is 319 g/mol. The predicted octanol–water partition coefficient (Wildman–Crippen LogP) is 3.20. The molecule has 0 saturated carbocycles. The first kappa shape index (κ1) is 16.6. The van der Waals surface area contributed by atoms with Crippen molar-refractivity contribution in [3.05, 3.63) is 28.8 Å². The molecule has 0 aliphatic carbocycles. The van der Waals surface area contributed by atoms with E-state index in [9.17, 15) is 10.1 Å². The lowest BCUT2D eigenvalue weighted by atomic mass is 9.96. The Morgan fingerprint density at radius 3 is 3.00 bits per heavy atom. The first-order chi connectivity index (χ1) is 10.5. The van der Waals surface area contributed by atoms with Crippen molar-refractivity contribution in [3.63, 3.8) is 0 Å². The molecule has 1 aromatic carbocycles. The molecule has 0 aromatic heterocycles. The highest BCUT2D eigenvalue weighted by Gasteiger charge is 2.22. The van der Waals surface area contributed by atoms with Crippen molar-refractivity contribution in [2.24, 2.45) is 11.8 Å². The normalized spacial score (nSPS) is 18.1. The Morgan fingerprint density at radius 1 is 1.55 bits per heavy atom. The van der Waals surface area contributed by atoms with E-state index in [1.165, 1.54) is 0 Å². The van der Waals surface area contributed by atoms with Gasteiger partial charge in [-0.3, -0.25) is 4.79 Å². The van der Waals surface area contributed by atoms with Gasteiger partial charge in [0.2, 0.25) is 5.91 Å². The minimum atomic E-state index is 0.0150. The molecular weight excluding hydrogens is 298 g/mol. The Hall–Kier alpha value is -1.73. The van der Waals surface area contributed by atoms with Gasteiger partial charge in [-0.05, 0) is 37.0 Å². The maximum Gasteiger partial charge on any atom is 0.222 e. The molecule has 1 saturated heterocycles. The van der Waals surface area contributed by atoms with Crippen LogP contribution in [0.15, 0.2) is 18.2 Å². The summed E-state index contributed by atoms with van der Waals surface area (Å²) in [5.74, 6) is 0.529. The number of nitrogens with zero attached hydrogens (tertiary/aromatic N) is 2. The Morgan fingerprint density at radius 2 is 2.32 bits per heavy atom. The van der Waals surface area contributed by atoms with E-state index < -0.39 is 0 Å². The van der Waals surface area contributed by atoms with E-state index in [4.69, 9.17) is 11.6 Å². The van der Waals surface area contributed by atoms with Gasteiger partial charge in [0.05, 0.1) is 11.3 Å². The van der Waals surface area contributed by atoms with Crippen LogP contribution in [-0.4, -0.2) is 25.5 Å². The number of nitrogens with one attached hydrogen (secondary N) is 1. The van der Waals surface area contributed by atoms with E-state index in [0.29, 0.717) is 23.0 Å². The summed E-state index contributed by atoms with van der Waals surface area (Å²) in [5, 5.41) is 12.9. The van der Waals surface area contributed by atoms with Gasteiger partial charge in [0.15, 0.2) is 0 Å². The summed E-state index contributed by atoms with van der Waals surface area (Å²) < 4.78 is 0. The highest BCUT2D eigenvalue weighted by molar-refractivity contribution is 6.30. The third-order valence-corrected chi connectivity index (χ3v) is 4.26. The van der Waals surface area contributed by atoms with Gasteiger partial charge in [-0.25, -0.2) is 0 Å². The molecule has 0 radical (unpaired) electrons. The van der Waals surface area contributed by atoms with Gasteiger partial charge in [0.25, 0.3) is 0 Å². The summed E-state index contributed by atoms with van der Waals surface area (Å²) >= 11 is 5.96. The van der Waals surface area contributed by atoms with Crippen LogP contribution in [0.4, 0.5) is 5.69 Å². The molecule has 0 bridgehead atoms. The van der Waals surface area contributed by atoms with E-state index in [1.54, 1.807) is 6.07 Å². The fraction of sp³-hybridized carbons (Fsp3) is 0.529. The average molecular weight is 320 g/mol. The molecule has 1 heterocycles. The maximum absolute atomic E-state index is 11.7. The maximum atomic E-state index is 11.7. The van der Waals surface area contributed by atoms with Crippen LogP contribution in [0.25, 0.3) is 0 Å². The Labute approximate surface area is 137 Å². The zero-order valence-electron chi connectivity index (χ0n) is 13.1. The highest BCUT2D eigenvalue weighted by Crippen LogP contribution is 2.28. The fourth-order valence-electron chi connectivity index (χ4n) is 2.77. The quantitative estimate of drug-likeness (QED) is 0.927. The van der Waals surface area contributed by atoms with Crippen molar-refractivity contribution in [3.8, 4) is 6.07 Å². The van der Waals surface area contributed by atoms with Gasteiger partial charge in [-0.1, -0.05) is 25.4 Å². The Bertz CT molecular complexity index is 580.